The fourth-order valence-corrected chi connectivity index (χ4v) is 3.26. The number of benzene rings is 1. The average Bonchev–Trinajstić information content (AvgIpc) is 2.74. The zero-order valence-corrected chi connectivity index (χ0v) is 20.2. The van der Waals surface area contributed by atoms with E-state index in [1.54, 1.807) is 13.0 Å². The van der Waals surface area contributed by atoms with Gasteiger partial charge in [0, 0.05) is 5.57 Å². The molecule has 0 heterocycles. The summed E-state index contributed by atoms with van der Waals surface area (Å²) in [5.41, 5.74) is 1.19. The Bertz CT molecular complexity index is 892. The van der Waals surface area contributed by atoms with Gasteiger partial charge in [-0.15, -0.1) is 0 Å². The molecule has 0 saturated carbocycles. The summed E-state index contributed by atoms with van der Waals surface area (Å²) in [6, 6.07) is 4.33. The smallest absolute Gasteiger partial charge is 0.335 e. The second-order valence-corrected chi connectivity index (χ2v) is 8.81. The Kier molecular flexibility index (Phi) is 12.6. The van der Waals surface area contributed by atoms with Gasteiger partial charge in [-0.3, -0.25) is 0 Å². The number of phenols is 1. The molecule has 0 radical (unpaired) electrons. The van der Waals surface area contributed by atoms with Crippen molar-refractivity contribution in [1.82, 2.24) is 0 Å². The summed E-state index contributed by atoms with van der Waals surface area (Å²) < 4.78 is 0. The third-order valence-electron chi connectivity index (χ3n) is 5.48. The third-order valence-corrected chi connectivity index (χ3v) is 5.48. The molecule has 0 spiro atoms. The molecule has 3 N–H and O–H groups in total. The molecule has 5 heteroatoms. The summed E-state index contributed by atoms with van der Waals surface area (Å²) in [4.78, 5) is 21.9. The van der Waals surface area contributed by atoms with E-state index >= 15 is 0 Å². The van der Waals surface area contributed by atoms with Crippen molar-refractivity contribution >= 4 is 11.9 Å². The molecule has 33 heavy (non-hydrogen) atoms. The van der Waals surface area contributed by atoms with Crippen LogP contribution in [0.1, 0.15) is 69.3 Å². The number of aromatic carboxylic acids is 1. The van der Waals surface area contributed by atoms with Gasteiger partial charge in [0.05, 0.1) is 5.56 Å². The molecule has 0 saturated heterocycles. The van der Waals surface area contributed by atoms with E-state index in [9.17, 15) is 14.7 Å². The number of carboxylic acids is 2. The summed E-state index contributed by atoms with van der Waals surface area (Å²) in [6.45, 7) is 8.08. The van der Waals surface area contributed by atoms with E-state index in [0.29, 0.717) is 35.3 Å². The van der Waals surface area contributed by atoms with E-state index in [0.717, 1.165) is 25.7 Å². The van der Waals surface area contributed by atoms with Gasteiger partial charge in [-0.05, 0) is 80.5 Å². The average molecular weight is 455 g/mol. The maximum atomic E-state index is 11.1. The summed E-state index contributed by atoms with van der Waals surface area (Å²) in [6.07, 6.45) is 18.7. The molecule has 0 amide bonds. The Hall–Kier alpha value is -3.08. The van der Waals surface area contributed by atoms with Crippen molar-refractivity contribution in [2.24, 2.45) is 17.8 Å². The van der Waals surface area contributed by atoms with Gasteiger partial charge in [-0.1, -0.05) is 63.3 Å². The first-order valence-corrected chi connectivity index (χ1v) is 11.5. The van der Waals surface area contributed by atoms with Gasteiger partial charge >= 0.3 is 11.9 Å². The first-order chi connectivity index (χ1) is 15.6. The lowest BCUT2D eigenvalue weighted by Crippen LogP contribution is -1.97. The second-order valence-electron chi connectivity index (χ2n) is 8.81. The Morgan fingerprint density at radius 3 is 2.06 bits per heavy atom. The van der Waals surface area contributed by atoms with Crippen LogP contribution in [0.4, 0.5) is 0 Å². The number of aromatic hydroxyl groups is 1. The number of phenolic OH excluding ortho intramolecular Hbond substituents is 1. The lowest BCUT2D eigenvalue weighted by atomic mass is 10.00. The van der Waals surface area contributed by atoms with Crippen molar-refractivity contribution in [3.05, 3.63) is 77.4 Å². The number of carbonyl (C=O) groups is 2. The first kappa shape index (κ1) is 28.0. The molecular formula is C28H38O5. The van der Waals surface area contributed by atoms with Crippen molar-refractivity contribution in [1.29, 1.82) is 0 Å². The lowest BCUT2D eigenvalue weighted by molar-refractivity contribution is -0.132. The maximum absolute atomic E-state index is 11.1. The highest BCUT2D eigenvalue weighted by Crippen LogP contribution is 2.20. The van der Waals surface area contributed by atoms with Crippen LogP contribution < -0.4 is 0 Å². The molecule has 0 aromatic heterocycles. The lowest BCUT2D eigenvalue weighted by Gasteiger charge is -2.07. The Morgan fingerprint density at radius 2 is 1.48 bits per heavy atom. The zero-order valence-electron chi connectivity index (χ0n) is 20.2. The summed E-state index contributed by atoms with van der Waals surface area (Å²) in [5.74, 6) is -0.542. The minimum absolute atomic E-state index is 0.111. The van der Waals surface area contributed by atoms with Gasteiger partial charge in [-0.2, -0.15) is 0 Å². The maximum Gasteiger partial charge on any atom is 0.335 e. The van der Waals surface area contributed by atoms with E-state index in [-0.39, 0.29) is 11.3 Å². The van der Waals surface area contributed by atoms with Crippen LogP contribution in [-0.4, -0.2) is 27.3 Å². The molecule has 0 bridgehead atoms. The van der Waals surface area contributed by atoms with Gasteiger partial charge < -0.3 is 15.3 Å². The van der Waals surface area contributed by atoms with E-state index in [1.165, 1.54) is 18.2 Å². The predicted molar refractivity (Wildman–Crippen MR) is 134 cm³/mol. The minimum atomic E-state index is -1.000. The van der Waals surface area contributed by atoms with E-state index in [2.05, 4.69) is 51.2 Å². The Morgan fingerprint density at radius 1 is 0.909 bits per heavy atom. The molecular weight excluding hydrogens is 416 g/mol. The SMILES string of the molecule is C/C(=C/CCC(C)/C=C/CC(C)/C=C/CC(C)/C=C/Cc1cc(C(=O)O)ccc1O)C(=O)O. The summed E-state index contributed by atoms with van der Waals surface area (Å²) in [5, 5.41) is 27.8. The molecule has 5 nitrogen and oxygen atoms in total. The quantitative estimate of drug-likeness (QED) is 0.212. The van der Waals surface area contributed by atoms with Crippen LogP contribution in [0, 0.1) is 17.8 Å². The molecule has 180 valence electrons. The molecule has 0 aliphatic carbocycles. The molecule has 0 aliphatic heterocycles. The fourth-order valence-electron chi connectivity index (χ4n) is 3.26. The largest absolute Gasteiger partial charge is 0.508 e. The number of hydrogen-bond acceptors (Lipinski definition) is 3. The van der Waals surface area contributed by atoms with Crippen molar-refractivity contribution < 1.29 is 24.9 Å². The normalized spacial score (nSPS) is 15.3. The molecule has 1 aromatic carbocycles. The highest BCUT2D eigenvalue weighted by atomic mass is 16.4. The van der Waals surface area contributed by atoms with Crippen LogP contribution >= 0.6 is 0 Å². The minimum Gasteiger partial charge on any atom is -0.508 e. The summed E-state index contributed by atoms with van der Waals surface area (Å²) in [7, 11) is 0. The molecule has 3 atom stereocenters. The van der Waals surface area contributed by atoms with E-state index in [1.807, 2.05) is 6.08 Å². The Balaban J connectivity index is 2.37. The van der Waals surface area contributed by atoms with Crippen molar-refractivity contribution in [3.63, 3.8) is 0 Å². The van der Waals surface area contributed by atoms with Crippen LogP contribution in [0.5, 0.6) is 5.75 Å². The van der Waals surface area contributed by atoms with Crippen LogP contribution in [0.25, 0.3) is 0 Å². The Labute approximate surface area is 197 Å². The van der Waals surface area contributed by atoms with Crippen molar-refractivity contribution in [3.8, 4) is 5.75 Å². The van der Waals surface area contributed by atoms with Crippen molar-refractivity contribution in [2.75, 3.05) is 0 Å². The standard InChI is InChI=1S/C28H38O5/c1-20(9-5-11-21(2)13-7-15-23(4)27(30)31)10-6-12-22(3)14-8-16-24-19-25(28(32)33)17-18-26(24)29/h5-6,8,10-11,14-15,17-22,29H,7,9,12-13,16H2,1-4H3,(H,30,31)(H,32,33)/b10-6+,11-5+,14-8+,23-15-. The number of rotatable bonds is 14. The van der Waals surface area contributed by atoms with Gasteiger partial charge in [0.2, 0.25) is 0 Å². The molecule has 0 aliphatic rings. The molecule has 1 rings (SSSR count). The summed E-state index contributed by atoms with van der Waals surface area (Å²) >= 11 is 0. The van der Waals surface area contributed by atoms with Crippen LogP contribution in [0.15, 0.2) is 66.3 Å². The van der Waals surface area contributed by atoms with Gasteiger partial charge in [0.25, 0.3) is 0 Å². The number of hydrogen-bond donors (Lipinski definition) is 3. The molecule has 0 fully saturated rings. The van der Waals surface area contributed by atoms with E-state index in [4.69, 9.17) is 10.2 Å². The van der Waals surface area contributed by atoms with Gasteiger partial charge in [0.1, 0.15) is 5.75 Å². The predicted octanol–water partition coefficient (Wildman–Crippen LogP) is 6.80. The highest BCUT2D eigenvalue weighted by Gasteiger charge is 2.07. The fraction of sp³-hybridized carbons (Fsp3) is 0.429. The van der Waals surface area contributed by atoms with E-state index < -0.39 is 11.9 Å². The van der Waals surface area contributed by atoms with Gasteiger partial charge in [0.15, 0.2) is 0 Å². The number of carboxylic acid groups (broad SMARTS) is 2. The third kappa shape index (κ3) is 11.9. The van der Waals surface area contributed by atoms with Crippen LogP contribution in [0.3, 0.4) is 0 Å². The topological polar surface area (TPSA) is 94.8 Å². The highest BCUT2D eigenvalue weighted by molar-refractivity contribution is 5.88. The van der Waals surface area contributed by atoms with Crippen LogP contribution in [0.2, 0.25) is 0 Å². The van der Waals surface area contributed by atoms with Gasteiger partial charge in [-0.25, -0.2) is 9.59 Å². The number of allylic oxidation sites excluding steroid dienone is 7. The molecule has 1 aromatic rings. The molecule has 3 unspecified atom stereocenters. The first-order valence-electron chi connectivity index (χ1n) is 11.5. The monoisotopic (exact) mass is 454 g/mol. The number of aliphatic carboxylic acids is 1. The van der Waals surface area contributed by atoms with Crippen molar-refractivity contribution in [2.45, 2.75) is 59.8 Å². The zero-order chi connectivity index (χ0) is 24.8. The second kappa shape index (κ2) is 14.9. The van der Waals surface area contributed by atoms with Crippen LogP contribution in [-0.2, 0) is 11.2 Å².